The van der Waals surface area contributed by atoms with Crippen LogP contribution in [0.1, 0.15) is 11.1 Å². The molecule has 2 aromatic carbocycles. The Kier molecular flexibility index (Phi) is 7.85. The summed E-state index contributed by atoms with van der Waals surface area (Å²) in [5, 5.41) is 14.8. The maximum Gasteiger partial charge on any atom is 0.414 e. The zero-order chi connectivity index (χ0) is 23.1. The van der Waals surface area contributed by atoms with Crippen LogP contribution >= 0.6 is 0 Å². The lowest BCUT2D eigenvalue weighted by Crippen LogP contribution is -2.45. The van der Waals surface area contributed by atoms with Gasteiger partial charge in [-0.1, -0.05) is 12.1 Å². The van der Waals surface area contributed by atoms with Crippen LogP contribution in [-0.2, 0) is 22.7 Å². The van der Waals surface area contributed by atoms with Gasteiger partial charge in [-0.15, -0.1) is 0 Å². The van der Waals surface area contributed by atoms with Gasteiger partial charge < -0.3 is 24.4 Å². The second kappa shape index (κ2) is 10.8. The van der Waals surface area contributed by atoms with E-state index in [2.05, 4.69) is 9.80 Å². The number of rotatable bonds is 5. The number of aliphatic carboxylic acids is 2. The lowest BCUT2D eigenvalue weighted by Gasteiger charge is -2.34. The maximum absolute atomic E-state index is 13.3. The monoisotopic (exact) mass is 448 g/mol. The third-order valence-corrected chi connectivity index (χ3v) is 5.07. The second-order valence-corrected chi connectivity index (χ2v) is 7.32. The number of carbonyl (C=O) groups is 2. The number of carboxylic acids is 2. The minimum absolute atomic E-state index is 0.169. The summed E-state index contributed by atoms with van der Waals surface area (Å²) in [6.07, 6.45) is 0. The van der Waals surface area contributed by atoms with Gasteiger partial charge >= 0.3 is 11.9 Å². The van der Waals surface area contributed by atoms with E-state index in [0.29, 0.717) is 5.75 Å². The molecule has 2 aliphatic rings. The molecular formula is C22H25FN2O7. The number of nitrogens with zero attached hydrogens (tertiary/aromatic N) is 2. The van der Waals surface area contributed by atoms with Crippen LogP contribution in [0.5, 0.6) is 17.2 Å². The number of hydrogen-bond donors (Lipinski definition) is 2. The molecule has 0 aliphatic carbocycles. The fourth-order valence-corrected chi connectivity index (χ4v) is 3.53. The molecule has 0 aromatic heterocycles. The number of benzene rings is 2. The van der Waals surface area contributed by atoms with Crippen LogP contribution in [0, 0.1) is 5.82 Å². The zero-order valence-corrected chi connectivity index (χ0v) is 17.6. The van der Waals surface area contributed by atoms with Gasteiger partial charge in [0, 0.05) is 39.3 Å². The number of fused-ring (bicyclic) bond motifs is 1. The molecule has 0 saturated carbocycles. The van der Waals surface area contributed by atoms with Crippen LogP contribution in [0.15, 0.2) is 36.4 Å². The normalized spacial score (nSPS) is 15.6. The molecule has 32 heavy (non-hydrogen) atoms. The Labute approximate surface area is 184 Å². The van der Waals surface area contributed by atoms with Crippen molar-refractivity contribution in [3.63, 3.8) is 0 Å². The number of halogens is 1. The number of methoxy groups -OCH3 is 1. The van der Waals surface area contributed by atoms with E-state index >= 15 is 0 Å². The molecule has 2 aliphatic heterocycles. The van der Waals surface area contributed by atoms with E-state index in [1.54, 1.807) is 19.2 Å². The van der Waals surface area contributed by atoms with Gasteiger partial charge in [-0.3, -0.25) is 9.80 Å². The van der Waals surface area contributed by atoms with Gasteiger partial charge in [-0.2, -0.15) is 0 Å². The minimum atomic E-state index is -1.82. The average Bonchev–Trinajstić information content (AvgIpc) is 3.24. The molecular weight excluding hydrogens is 423 g/mol. The molecule has 2 heterocycles. The van der Waals surface area contributed by atoms with E-state index in [9.17, 15) is 4.39 Å². The number of carboxylic acid groups (broad SMARTS) is 2. The fraction of sp³-hybridized carbons (Fsp3) is 0.364. The molecule has 2 N–H and O–H groups in total. The van der Waals surface area contributed by atoms with Crippen molar-refractivity contribution in [2.45, 2.75) is 13.1 Å². The second-order valence-electron chi connectivity index (χ2n) is 7.32. The van der Waals surface area contributed by atoms with Crippen LogP contribution < -0.4 is 14.2 Å². The predicted octanol–water partition coefficient (Wildman–Crippen LogP) is 2.04. The van der Waals surface area contributed by atoms with Gasteiger partial charge in [0.25, 0.3) is 0 Å². The lowest BCUT2D eigenvalue weighted by molar-refractivity contribution is -0.159. The van der Waals surface area contributed by atoms with Gasteiger partial charge in [-0.05, 0) is 35.4 Å². The Bertz CT molecular complexity index is 949. The standard InChI is InChI=1S/C20H23FN2O3.C2H2O4/c1-24-18-10-16(11-19-20(18)26-14-25-19)13-23-7-5-22(6-8-23)12-15-3-2-4-17(21)9-15;3-1(4)2(5)6/h2-4,9-11H,5-8,12-14H2,1H3;(H,3,4)(H,5,6). The summed E-state index contributed by atoms with van der Waals surface area (Å²) in [5.74, 6) is -1.65. The Morgan fingerprint density at radius 3 is 2.16 bits per heavy atom. The van der Waals surface area contributed by atoms with Gasteiger partial charge in [0.1, 0.15) is 5.82 Å². The summed E-state index contributed by atoms with van der Waals surface area (Å²) >= 11 is 0. The molecule has 1 saturated heterocycles. The third kappa shape index (κ3) is 6.32. The minimum Gasteiger partial charge on any atom is -0.493 e. The summed E-state index contributed by atoms with van der Waals surface area (Å²) in [4.78, 5) is 23.0. The quantitative estimate of drug-likeness (QED) is 0.664. The number of hydrogen-bond acceptors (Lipinski definition) is 7. The molecule has 0 atom stereocenters. The van der Waals surface area contributed by atoms with Gasteiger partial charge in [-0.25, -0.2) is 14.0 Å². The molecule has 0 unspecified atom stereocenters. The molecule has 1 fully saturated rings. The summed E-state index contributed by atoms with van der Waals surface area (Å²) in [7, 11) is 1.65. The SMILES string of the molecule is COc1cc(CN2CCN(Cc3cccc(F)c3)CC2)cc2c1OCO2.O=C(O)C(=O)O. The highest BCUT2D eigenvalue weighted by Crippen LogP contribution is 2.42. The van der Waals surface area contributed by atoms with Crippen LogP contribution in [0.3, 0.4) is 0 Å². The summed E-state index contributed by atoms with van der Waals surface area (Å²) < 4.78 is 29.7. The average molecular weight is 448 g/mol. The highest BCUT2D eigenvalue weighted by Gasteiger charge is 2.22. The first-order valence-electron chi connectivity index (χ1n) is 9.97. The van der Waals surface area contributed by atoms with Crippen molar-refractivity contribution in [3.05, 3.63) is 53.3 Å². The summed E-state index contributed by atoms with van der Waals surface area (Å²) in [6.45, 7) is 5.78. The van der Waals surface area contributed by atoms with Crippen molar-refractivity contribution in [1.29, 1.82) is 0 Å². The molecule has 2 aromatic rings. The summed E-state index contributed by atoms with van der Waals surface area (Å²) in [5.41, 5.74) is 2.18. The van der Waals surface area contributed by atoms with Crippen molar-refractivity contribution in [2.24, 2.45) is 0 Å². The van der Waals surface area contributed by atoms with Gasteiger partial charge in [0.2, 0.25) is 12.5 Å². The lowest BCUT2D eigenvalue weighted by atomic mass is 10.1. The Hall–Kier alpha value is -3.37. The van der Waals surface area contributed by atoms with Crippen molar-refractivity contribution in [2.75, 3.05) is 40.1 Å². The van der Waals surface area contributed by atoms with Crippen molar-refractivity contribution < 1.29 is 38.4 Å². The van der Waals surface area contributed by atoms with Crippen molar-refractivity contribution in [1.82, 2.24) is 9.80 Å². The van der Waals surface area contributed by atoms with E-state index in [-0.39, 0.29) is 12.6 Å². The Morgan fingerprint density at radius 2 is 1.59 bits per heavy atom. The highest BCUT2D eigenvalue weighted by molar-refractivity contribution is 6.27. The van der Waals surface area contributed by atoms with Crippen LogP contribution in [0.25, 0.3) is 0 Å². The topological polar surface area (TPSA) is 109 Å². The first-order valence-corrected chi connectivity index (χ1v) is 9.97. The largest absolute Gasteiger partial charge is 0.493 e. The highest BCUT2D eigenvalue weighted by atomic mass is 19.1. The molecule has 0 bridgehead atoms. The van der Waals surface area contributed by atoms with Crippen LogP contribution in [0.2, 0.25) is 0 Å². The molecule has 0 radical (unpaired) electrons. The zero-order valence-electron chi connectivity index (χ0n) is 17.6. The van der Waals surface area contributed by atoms with E-state index in [1.807, 2.05) is 18.2 Å². The molecule has 0 spiro atoms. The maximum atomic E-state index is 13.3. The molecule has 10 heteroatoms. The third-order valence-electron chi connectivity index (χ3n) is 5.07. The smallest absolute Gasteiger partial charge is 0.414 e. The number of ether oxygens (including phenoxy) is 3. The fourth-order valence-electron chi connectivity index (χ4n) is 3.53. The van der Waals surface area contributed by atoms with Crippen LogP contribution in [-0.4, -0.2) is 72.0 Å². The van der Waals surface area contributed by atoms with Crippen LogP contribution in [0.4, 0.5) is 4.39 Å². The molecule has 9 nitrogen and oxygen atoms in total. The first kappa shape index (κ1) is 23.3. The van der Waals surface area contributed by atoms with E-state index < -0.39 is 11.9 Å². The predicted molar refractivity (Wildman–Crippen MR) is 111 cm³/mol. The molecule has 4 rings (SSSR count). The van der Waals surface area contributed by atoms with E-state index in [1.165, 1.54) is 6.07 Å². The Balaban J connectivity index is 0.000000427. The Morgan fingerprint density at radius 1 is 0.969 bits per heavy atom. The van der Waals surface area contributed by atoms with Gasteiger partial charge in [0.15, 0.2) is 11.5 Å². The van der Waals surface area contributed by atoms with Crippen molar-refractivity contribution in [3.8, 4) is 17.2 Å². The summed E-state index contributed by atoms with van der Waals surface area (Å²) in [6, 6.07) is 10.9. The van der Waals surface area contributed by atoms with E-state index in [4.69, 9.17) is 34.0 Å². The van der Waals surface area contributed by atoms with Crippen molar-refractivity contribution >= 4 is 11.9 Å². The molecule has 172 valence electrons. The van der Waals surface area contributed by atoms with Gasteiger partial charge in [0.05, 0.1) is 7.11 Å². The first-order chi connectivity index (χ1) is 15.4. The van der Waals surface area contributed by atoms with E-state index in [0.717, 1.165) is 61.9 Å². The molecule has 0 amide bonds. The number of piperazine rings is 1.